The second kappa shape index (κ2) is 8.06. The summed E-state index contributed by atoms with van der Waals surface area (Å²) < 4.78 is 11.4. The molecule has 0 unspecified atom stereocenters. The topological polar surface area (TPSA) is 35.5 Å². The Labute approximate surface area is 143 Å². The molecule has 0 aliphatic heterocycles. The third-order valence-electron chi connectivity index (χ3n) is 3.62. The second-order valence-corrected chi connectivity index (χ2v) is 5.75. The van der Waals surface area contributed by atoms with Crippen LogP contribution in [-0.2, 0) is 17.2 Å². The highest BCUT2D eigenvalue weighted by Gasteiger charge is 2.13. The molecule has 0 saturated heterocycles. The minimum Gasteiger partial charge on any atom is -0.488 e. The van der Waals surface area contributed by atoms with E-state index in [4.69, 9.17) is 9.47 Å². The molecule has 3 nitrogen and oxygen atoms in total. The van der Waals surface area contributed by atoms with Crippen molar-refractivity contribution in [1.82, 2.24) is 0 Å². The molecule has 0 aromatic heterocycles. The van der Waals surface area contributed by atoms with Crippen LogP contribution in [0.2, 0.25) is 0 Å². The minimum atomic E-state index is -0.255. The van der Waals surface area contributed by atoms with Crippen molar-refractivity contribution >= 4 is 18.6 Å². The lowest BCUT2D eigenvalue weighted by molar-refractivity contribution is -0.134. The quantitative estimate of drug-likeness (QED) is 0.476. The monoisotopic (exact) mass is 330 g/mol. The van der Waals surface area contributed by atoms with Crippen molar-refractivity contribution < 1.29 is 14.3 Å². The molecular weight excluding hydrogens is 308 g/mol. The molecule has 0 radical (unpaired) electrons. The van der Waals surface area contributed by atoms with Crippen molar-refractivity contribution in [2.24, 2.45) is 0 Å². The first-order valence-corrected chi connectivity index (χ1v) is 8.30. The number of hydrogen-bond donors (Lipinski definition) is 1. The maximum absolute atomic E-state index is 11.6. The fraction of sp³-hybridized carbons (Fsp3) is 0.316. The molecule has 2 rings (SSSR count). The molecule has 4 heteroatoms. The van der Waals surface area contributed by atoms with Gasteiger partial charge in [-0.1, -0.05) is 36.8 Å². The highest BCUT2D eigenvalue weighted by molar-refractivity contribution is 7.79. The highest BCUT2D eigenvalue weighted by Crippen LogP contribution is 2.27. The van der Waals surface area contributed by atoms with Crippen LogP contribution in [-0.4, -0.2) is 5.97 Å². The van der Waals surface area contributed by atoms with Gasteiger partial charge in [0.1, 0.15) is 18.1 Å². The number of ether oxygens (including phenoxy) is 2. The van der Waals surface area contributed by atoms with E-state index < -0.39 is 0 Å². The number of rotatable bonds is 6. The van der Waals surface area contributed by atoms with Gasteiger partial charge in [-0.2, -0.15) is 12.6 Å². The Morgan fingerprint density at radius 1 is 1.13 bits per heavy atom. The van der Waals surface area contributed by atoms with E-state index in [-0.39, 0.29) is 5.97 Å². The number of benzene rings is 2. The van der Waals surface area contributed by atoms with Gasteiger partial charge in [0.15, 0.2) is 0 Å². The summed E-state index contributed by atoms with van der Waals surface area (Å²) in [6.07, 6.45) is 0.336. The van der Waals surface area contributed by atoms with Crippen LogP contribution >= 0.6 is 12.6 Å². The smallest absolute Gasteiger partial charge is 0.310 e. The van der Waals surface area contributed by atoms with Crippen LogP contribution in [0.25, 0.3) is 0 Å². The molecule has 0 amide bonds. The van der Waals surface area contributed by atoms with E-state index >= 15 is 0 Å². The van der Waals surface area contributed by atoms with Gasteiger partial charge in [-0.15, -0.1) is 0 Å². The first kappa shape index (κ1) is 17.4. The van der Waals surface area contributed by atoms with Gasteiger partial charge in [-0.05, 0) is 37.1 Å². The Bertz CT molecular complexity index is 695. The molecule has 23 heavy (non-hydrogen) atoms. The number of aryl methyl sites for hydroxylation is 2. The molecule has 0 bridgehead atoms. The third kappa shape index (κ3) is 4.52. The summed E-state index contributed by atoms with van der Waals surface area (Å²) in [4.78, 5) is 11.6. The Morgan fingerprint density at radius 2 is 1.91 bits per heavy atom. The van der Waals surface area contributed by atoms with Crippen LogP contribution in [0.15, 0.2) is 36.4 Å². The van der Waals surface area contributed by atoms with Gasteiger partial charge in [0, 0.05) is 17.7 Å². The fourth-order valence-electron chi connectivity index (χ4n) is 2.32. The van der Waals surface area contributed by atoms with Crippen molar-refractivity contribution in [3.8, 4) is 11.5 Å². The average molecular weight is 330 g/mol. The van der Waals surface area contributed by atoms with E-state index in [0.717, 1.165) is 22.4 Å². The zero-order valence-corrected chi connectivity index (χ0v) is 14.7. The third-order valence-corrected chi connectivity index (χ3v) is 3.96. The number of esters is 1. The van der Waals surface area contributed by atoms with Crippen LogP contribution in [0, 0.1) is 13.8 Å². The number of hydrogen-bond acceptors (Lipinski definition) is 4. The van der Waals surface area contributed by atoms with Crippen molar-refractivity contribution in [3.05, 3.63) is 58.7 Å². The first-order valence-electron chi connectivity index (χ1n) is 7.67. The number of carbonyl (C=O) groups excluding carboxylic acids is 1. The molecule has 0 saturated carbocycles. The van der Waals surface area contributed by atoms with Crippen molar-refractivity contribution in [2.45, 2.75) is 39.6 Å². The van der Waals surface area contributed by atoms with Crippen LogP contribution in [0.5, 0.6) is 11.5 Å². The van der Waals surface area contributed by atoms with Crippen LogP contribution < -0.4 is 9.47 Å². The van der Waals surface area contributed by atoms with Gasteiger partial charge in [0.25, 0.3) is 0 Å². The summed E-state index contributed by atoms with van der Waals surface area (Å²) >= 11 is 4.36. The summed E-state index contributed by atoms with van der Waals surface area (Å²) in [5.74, 6) is 1.68. The molecule has 0 spiro atoms. The number of thiol groups is 1. The van der Waals surface area contributed by atoms with Crippen LogP contribution in [0.3, 0.4) is 0 Å². The Hall–Kier alpha value is -1.94. The van der Waals surface area contributed by atoms with Crippen LogP contribution in [0.1, 0.15) is 35.6 Å². The molecule has 122 valence electrons. The summed E-state index contributed by atoms with van der Waals surface area (Å²) in [5.41, 5.74) is 4.15. The van der Waals surface area contributed by atoms with E-state index in [1.165, 1.54) is 5.56 Å². The molecular formula is C19H22O3S. The molecule has 2 aromatic carbocycles. The van der Waals surface area contributed by atoms with Gasteiger partial charge in [0.05, 0.1) is 0 Å². The highest BCUT2D eigenvalue weighted by atomic mass is 32.1. The molecule has 0 aliphatic carbocycles. The van der Waals surface area contributed by atoms with Crippen molar-refractivity contribution in [1.29, 1.82) is 0 Å². The van der Waals surface area contributed by atoms with Gasteiger partial charge in [0.2, 0.25) is 0 Å². The van der Waals surface area contributed by atoms with Crippen molar-refractivity contribution in [2.75, 3.05) is 0 Å². The normalized spacial score (nSPS) is 10.4. The van der Waals surface area contributed by atoms with Crippen molar-refractivity contribution in [3.63, 3.8) is 0 Å². The van der Waals surface area contributed by atoms with E-state index in [2.05, 4.69) is 25.6 Å². The molecule has 2 aromatic rings. The summed E-state index contributed by atoms with van der Waals surface area (Å²) in [6.45, 7) is 6.18. The predicted molar refractivity (Wildman–Crippen MR) is 95.3 cm³/mol. The molecule has 0 atom stereocenters. The van der Waals surface area contributed by atoms with Gasteiger partial charge in [-0.25, -0.2) is 0 Å². The maximum Gasteiger partial charge on any atom is 0.310 e. The predicted octanol–water partition coefficient (Wildman–Crippen LogP) is 4.63. The zero-order chi connectivity index (χ0) is 16.8. The Balaban J connectivity index is 2.24. The largest absolute Gasteiger partial charge is 0.488 e. The lowest BCUT2D eigenvalue weighted by Gasteiger charge is -2.15. The Morgan fingerprint density at radius 3 is 2.57 bits per heavy atom. The zero-order valence-electron chi connectivity index (χ0n) is 13.8. The fourth-order valence-corrected chi connectivity index (χ4v) is 2.62. The Kier molecular flexibility index (Phi) is 6.11. The van der Waals surface area contributed by atoms with E-state index in [0.29, 0.717) is 24.5 Å². The lowest BCUT2D eigenvalue weighted by Crippen LogP contribution is -2.10. The van der Waals surface area contributed by atoms with Gasteiger partial charge in [-0.3, -0.25) is 4.79 Å². The molecule has 0 fully saturated rings. The summed E-state index contributed by atoms with van der Waals surface area (Å²) in [7, 11) is 0. The van der Waals surface area contributed by atoms with E-state index in [9.17, 15) is 4.79 Å². The lowest BCUT2D eigenvalue weighted by atomic mass is 10.1. The van der Waals surface area contributed by atoms with E-state index in [1.807, 2.05) is 31.2 Å². The number of carbonyl (C=O) groups is 1. The maximum atomic E-state index is 11.6. The average Bonchev–Trinajstić information content (AvgIpc) is 2.54. The minimum absolute atomic E-state index is 0.255. The summed E-state index contributed by atoms with van der Waals surface area (Å²) in [6, 6.07) is 11.7. The van der Waals surface area contributed by atoms with E-state index in [1.54, 1.807) is 13.0 Å². The standard InChI is InChI=1S/C19H22O3S/c1-4-19(20)22-18-7-5-6-15(12-23)16(18)11-21-17-9-8-13(2)10-14(17)3/h5-10,23H,4,11-12H2,1-3H3. The summed E-state index contributed by atoms with van der Waals surface area (Å²) in [5, 5.41) is 0. The molecule has 0 N–H and O–H groups in total. The van der Waals surface area contributed by atoms with Gasteiger partial charge < -0.3 is 9.47 Å². The van der Waals surface area contributed by atoms with Gasteiger partial charge >= 0.3 is 5.97 Å². The second-order valence-electron chi connectivity index (χ2n) is 5.44. The van der Waals surface area contributed by atoms with Crippen LogP contribution in [0.4, 0.5) is 0 Å². The first-order chi connectivity index (χ1) is 11.0. The SMILES string of the molecule is CCC(=O)Oc1cccc(CS)c1COc1ccc(C)cc1C. The molecule has 0 heterocycles. The molecule has 0 aliphatic rings.